The first kappa shape index (κ1) is 13.1. The number of nitrogens with two attached hydrogens (primary N) is 1. The van der Waals surface area contributed by atoms with Crippen LogP contribution in [0.15, 0.2) is 28.9 Å². The van der Waals surface area contributed by atoms with E-state index in [4.69, 9.17) is 5.73 Å². The van der Waals surface area contributed by atoms with Crippen molar-refractivity contribution in [1.82, 2.24) is 4.98 Å². The second-order valence-corrected chi connectivity index (χ2v) is 5.50. The molecule has 0 aliphatic carbocycles. The summed E-state index contributed by atoms with van der Waals surface area (Å²) in [5.41, 5.74) is 8.68. The predicted molar refractivity (Wildman–Crippen MR) is 81.8 cm³/mol. The fraction of sp³-hybridized carbons (Fsp3) is 0.357. The van der Waals surface area contributed by atoms with Crippen LogP contribution in [0.4, 0.5) is 11.4 Å². The van der Waals surface area contributed by atoms with E-state index in [1.165, 1.54) is 0 Å². The first-order valence-electron chi connectivity index (χ1n) is 6.22. The highest BCUT2D eigenvalue weighted by Gasteiger charge is 2.09. The summed E-state index contributed by atoms with van der Waals surface area (Å²) in [6.07, 6.45) is 4.00. The first-order chi connectivity index (χ1) is 8.61. The molecule has 4 heteroatoms. The van der Waals surface area contributed by atoms with Gasteiger partial charge in [-0.05, 0) is 31.5 Å². The van der Waals surface area contributed by atoms with Crippen LogP contribution in [0.3, 0.4) is 0 Å². The fourth-order valence-corrected chi connectivity index (χ4v) is 2.45. The number of fused-ring (bicyclic) bond motifs is 1. The highest BCUT2D eigenvalue weighted by atomic mass is 79.9. The molecule has 1 aromatic carbocycles. The highest BCUT2D eigenvalue weighted by Crippen LogP contribution is 2.30. The Bertz CT molecular complexity index is 549. The van der Waals surface area contributed by atoms with E-state index in [1.807, 2.05) is 12.1 Å². The summed E-state index contributed by atoms with van der Waals surface area (Å²) in [6.45, 7) is 4.36. The molecule has 0 saturated heterocycles. The van der Waals surface area contributed by atoms with Crippen molar-refractivity contribution in [3.05, 3.63) is 28.9 Å². The molecule has 0 amide bonds. The zero-order chi connectivity index (χ0) is 13.1. The van der Waals surface area contributed by atoms with Crippen molar-refractivity contribution in [2.75, 3.05) is 11.1 Å². The summed E-state index contributed by atoms with van der Waals surface area (Å²) >= 11 is 3.49. The van der Waals surface area contributed by atoms with Crippen LogP contribution in [0.2, 0.25) is 0 Å². The van der Waals surface area contributed by atoms with Gasteiger partial charge in [-0.3, -0.25) is 4.98 Å². The number of anilines is 2. The van der Waals surface area contributed by atoms with E-state index in [0.717, 1.165) is 33.9 Å². The minimum atomic E-state index is 0.405. The summed E-state index contributed by atoms with van der Waals surface area (Å²) in [5, 5.41) is 4.56. The first-order valence-corrected chi connectivity index (χ1v) is 7.01. The lowest BCUT2D eigenvalue weighted by Crippen LogP contribution is -2.16. The lowest BCUT2D eigenvalue weighted by Gasteiger charge is -2.18. The number of nitrogen functional groups attached to an aromatic ring is 1. The Morgan fingerprint density at radius 1 is 1.44 bits per heavy atom. The summed E-state index contributed by atoms with van der Waals surface area (Å²) in [6, 6.07) is 6.45. The largest absolute Gasteiger partial charge is 0.396 e. The molecule has 0 fully saturated rings. The average molecular weight is 308 g/mol. The van der Waals surface area contributed by atoms with Crippen LogP contribution in [0.25, 0.3) is 10.9 Å². The van der Waals surface area contributed by atoms with E-state index < -0.39 is 0 Å². The maximum Gasteiger partial charge on any atom is 0.0743 e. The molecule has 0 saturated carbocycles. The van der Waals surface area contributed by atoms with Gasteiger partial charge in [0.2, 0.25) is 0 Å². The number of nitrogens with one attached hydrogen (secondary N) is 1. The number of nitrogens with zero attached hydrogens (tertiary/aromatic N) is 1. The molecule has 1 atom stereocenters. The van der Waals surface area contributed by atoms with Crippen LogP contribution in [-0.4, -0.2) is 11.0 Å². The molecular formula is C14H18BrN3. The third-order valence-electron chi connectivity index (χ3n) is 2.97. The maximum atomic E-state index is 6.04. The number of aromatic nitrogens is 1. The molecule has 1 aromatic heterocycles. The van der Waals surface area contributed by atoms with Gasteiger partial charge in [-0.25, -0.2) is 0 Å². The van der Waals surface area contributed by atoms with Crippen molar-refractivity contribution in [3.8, 4) is 0 Å². The van der Waals surface area contributed by atoms with E-state index in [9.17, 15) is 0 Å². The monoisotopic (exact) mass is 307 g/mol. The highest BCUT2D eigenvalue weighted by molar-refractivity contribution is 9.10. The zero-order valence-corrected chi connectivity index (χ0v) is 12.3. The van der Waals surface area contributed by atoms with Crippen LogP contribution < -0.4 is 11.1 Å². The summed E-state index contributed by atoms with van der Waals surface area (Å²) in [7, 11) is 0. The average Bonchev–Trinajstić information content (AvgIpc) is 2.33. The normalized spacial score (nSPS) is 12.6. The third kappa shape index (κ3) is 2.75. The summed E-state index contributed by atoms with van der Waals surface area (Å²) < 4.78 is 1.04. The van der Waals surface area contributed by atoms with Crippen LogP contribution >= 0.6 is 15.9 Å². The molecule has 3 N–H and O–H groups in total. The van der Waals surface area contributed by atoms with Crippen molar-refractivity contribution < 1.29 is 0 Å². The van der Waals surface area contributed by atoms with Crippen molar-refractivity contribution in [1.29, 1.82) is 0 Å². The van der Waals surface area contributed by atoms with Gasteiger partial charge in [-0.2, -0.15) is 0 Å². The third-order valence-corrected chi connectivity index (χ3v) is 3.47. The molecule has 18 heavy (non-hydrogen) atoms. The van der Waals surface area contributed by atoms with E-state index in [-0.39, 0.29) is 0 Å². The molecule has 0 radical (unpaired) electrons. The quantitative estimate of drug-likeness (QED) is 0.891. The number of hydrogen-bond acceptors (Lipinski definition) is 3. The molecule has 2 rings (SSSR count). The molecular weight excluding hydrogens is 290 g/mol. The Morgan fingerprint density at radius 3 is 2.94 bits per heavy atom. The summed E-state index contributed by atoms with van der Waals surface area (Å²) in [5.74, 6) is 0. The Labute approximate surface area is 116 Å². The van der Waals surface area contributed by atoms with Gasteiger partial charge in [-0.1, -0.05) is 29.3 Å². The van der Waals surface area contributed by atoms with Gasteiger partial charge in [0, 0.05) is 15.9 Å². The van der Waals surface area contributed by atoms with Gasteiger partial charge in [0.15, 0.2) is 0 Å². The fourth-order valence-electron chi connectivity index (χ4n) is 2.09. The number of rotatable bonds is 4. The maximum absolute atomic E-state index is 6.04. The van der Waals surface area contributed by atoms with E-state index >= 15 is 0 Å². The number of hydrogen-bond donors (Lipinski definition) is 2. The lowest BCUT2D eigenvalue weighted by molar-refractivity contribution is 0.691. The molecule has 0 bridgehead atoms. The van der Waals surface area contributed by atoms with Crippen molar-refractivity contribution in [2.45, 2.75) is 32.7 Å². The molecule has 2 aromatic rings. The second-order valence-electron chi connectivity index (χ2n) is 4.58. The smallest absolute Gasteiger partial charge is 0.0743 e. The Hall–Kier alpha value is -1.29. The van der Waals surface area contributed by atoms with Gasteiger partial charge >= 0.3 is 0 Å². The van der Waals surface area contributed by atoms with Crippen LogP contribution in [0, 0.1) is 0 Å². The molecule has 3 nitrogen and oxygen atoms in total. The van der Waals surface area contributed by atoms with Gasteiger partial charge in [0.1, 0.15) is 0 Å². The number of benzene rings is 1. The van der Waals surface area contributed by atoms with Gasteiger partial charge < -0.3 is 11.1 Å². The minimum absolute atomic E-state index is 0.405. The van der Waals surface area contributed by atoms with E-state index in [0.29, 0.717) is 11.7 Å². The predicted octanol–water partition coefficient (Wildman–Crippen LogP) is 4.18. The van der Waals surface area contributed by atoms with E-state index in [2.05, 4.69) is 46.1 Å². The molecule has 96 valence electrons. The standard InChI is InChI=1S/C14H18BrN3/c1-3-4-9(2)18-14-11-7-10(15)5-6-13(11)17-8-12(14)16/h5-9H,3-4,16H2,1-2H3,(H,17,18). The summed E-state index contributed by atoms with van der Waals surface area (Å²) in [4.78, 5) is 4.35. The van der Waals surface area contributed by atoms with Crippen LogP contribution in [0.1, 0.15) is 26.7 Å². The van der Waals surface area contributed by atoms with Gasteiger partial charge in [0.25, 0.3) is 0 Å². The Balaban J connectivity index is 2.46. The molecule has 0 aliphatic heterocycles. The van der Waals surface area contributed by atoms with Crippen LogP contribution in [-0.2, 0) is 0 Å². The number of halogens is 1. The molecule has 1 heterocycles. The molecule has 1 unspecified atom stereocenters. The zero-order valence-electron chi connectivity index (χ0n) is 10.7. The molecule has 0 aliphatic rings. The van der Waals surface area contributed by atoms with Crippen LogP contribution in [0.5, 0.6) is 0 Å². The van der Waals surface area contributed by atoms with Crippen molar-refractivity contribution in [3.63, 3.8) is 0 Å². The lowest BCUT2D eigenvalue weighted by atomic mass is 10.1. The minimum Gasteiger partial charge on any atom is -0.396 e. The van der Waals surface area contributed by atoms with Gasteiger partial charge in [-0.15, -0.1) is 0 Å². The van der Waals surface area contributed by atoms with E-state index in [1.54, 1.807) is 6.20 Å². The number of pyridine rings is 1. The van der Waals surface area contributed by atoms with Crippen molar-refractivity contribution >= 4 is 38.2 Å². The second kappa shape index (κ2) is 5.57. The van der Waals surface area contributed by atoms with Gasteiger partial charge in [0.05, 0.1) is 23.1 Å². The topological polar surface area (TPSA) is 50.9 Å². The molecule has 0 spiro atoms. The Kier molecular flexibility index (Phi) is 4.07. The van der Waals surface area contributed by atoms with Crippen molar-refractivity contribution in [2.24, 2.45) is 0 Å². The Morgan fingerprint density at radius 2 is 2.22 bits per heavy atom. The SMILES string of the molecule is CCCC(C)Nc1c(N)cnc2ccc(Br)cc12.